The number of halogens is 2. The molecule has 1 rings (SSSR count). The zero-order valence-electron chi connectivity index (χ0n) is 10.8. The summed E-state index contributed by atoms with van der Waals surface area (Å²) in [5.74, 6) is 2.21. The minimum atomic E-state index is 0.531. The fraction of sp³-hybridized carbons (Fsp3) is 0.571. The van der Waals surface area contributed by atoms with Gasteiger partial charge in [0.1, 0.15) is 5.75 Å². The highest BCUT2D eigenvalue weighted by Crippen LogP contribution is 2.30. The van der Waals surface area contributed by atoms with Gasteiger partial charge in [-0.05, 0) is 51.9 Å². The fourth-order valence-corrected chi connectivity index (χ4v) is 3.42. The molecule has 0 heterocycles. The summed E-state index contributed by atoms with van der Waals surface area (Å²) in [6, 6.07) is 6.33. The van der Waals surface area contributed by atoms with Gasteiger partial charge in [-0.3, -0.25) is 0 Å². The van der Waals surface area contributed by atoms with Crippen LogP contribution in [-0.2, 0) is 6.42 Å². The van der Waals surface area contributed by atoms with E-state index in [2.05, 4.69) is 64.8 Å². The lowest BCUT2D eigenvalue weighted by molar-refractivity contribution is 0.383. The normalized spacial score (nSPS) is 14.8. The second-order valence-corrected chi connectivity index (χ2v) is 7.06. The first-order chi connectivity index (χ1) is 7.95. The first-order valence-electron chi connectivity index (χ1n) is 5.92. The van der Waals surface area contributed by atoms with Crippen LogP contribution in [0.5, 0.6) is 5.75 Å². The summed E-state index contributed by atoms with van der Waals surface area (Å²) in [5.41, 5.74) is 1.35. The Hall–Kier alpha value is -0.0200. The van der Waals surface area contributed by atoms with E-state index >= 15 is 0 Å². The van der Waals surface area contributed by atoms with Gasteiger partial charge in [0.05, 0.1) is 11.6 Å². The van der Waals surface area contributed by atoms with Crippen LogP contribution in [0, 0.1) is 11.8 Å². The van der Waals surface area contributed by atoms with Crippen LogP contribution in [0.15, 0.2) is 22.7 Å². The summed E-state index contributed by atoms with van der Waals surface area (Å²) in [4.78, 5) is 0.531. The molecule has 96 valence electrons. The van der Waals surface area contributed by atoms with Crippen LogP contribution < -0.4 is 4.74 Å². The van der Waals surface area contributed by atoms with E-state index in [4.69, 9.17) is 4.74 Å². The van der Waals surface area contributed by atoms with Crippen LogP contribution in [0.2, 0.25) is 0 Å². The molecule has 0 aliphatic rings. The van der Waals surface area contributed by atoms with Crippen LogP contribution >= 0.6 is 31.9 Å². The molecule has 0 aromatic heterocycles. The monoisotopic (exact) mass is 362 g/mol. The van der Waals surface area contributed by atoms with Crippen molar-refractivity contribution in [3.8, 4) is 5.75 Å². The summed E-state index contributed by atoms with van der Waals surface area (Å²) in [7, 11) is 1.69. The summed E-state index contributed by atoms with van der Waals surface area (Å²) < 4.78 is 6.27. The molecule has 0 spiro atoms. The molecule has 1 nitrogen and oxygen atoms in total. The molecule has 1 aromatic rings. The molecule has 2 unspecified atom stereocenters. The average Bonchev–Trinajstić information content (AvgIpc) is 2.25. The minimum absolute atomic E-state index is 0.531. The largest absolute Gasteiger partial charge is 0.496 e. The Kier molecular flexibility index (Phi) is 6.01. The van der Waals surface area contributed by atoms with E-state index in [-0.39, 0.29) is 0 Å². The van der Waals surface area contributed by atoms with Crippen molar-refractivity contribution in [2.24, 2.45) is 11.8 Å². The van der Waals surface area contributed by atoms with Gasteiger partial charge >= 0.3 is 0 Å². The SMILES string of the molecule is COc1ccc(CC(C(C)C)C(C)Br)cc1Br. The second-order valence-electron chi connectivity index (χ2n) is 4.76. The zero-order chi connectivity index (χ0) is 13.0. The molecule has 0 aliphatic heterocycles. The molecule has 2 atom stereocenters. The van der Waals surface area contributed by atoms with Gasteiger partial charge in [-0.1, -0.05) is 42.8 Å². The van der Waals surface area contributed by atoms with Crippen molar-refractivity contribution in [1.29, 1.82) is 0 Å². The molecule has 0 radical (unpaired) electrons. The van der Waals surface area contributed by atoms with E-state index in [0.717, 1.165) is 16.6 Å². The third-order valence-electron chi connectivity index (χ3n) is 3.13. The number of hydrogen-bond acceptors (Lipinski definition) is 1. The highest BCUT2D eigenvalue weighted by Gasteiger charge is 2.19. The van der Waals surface area contributed by atoms with Crippen molar-refractivity contribution < 1.29 is 4.74 Å². The van der Waals surface area contributed by atoms with Gasteiger partial charge in [0.2, 0.25) is 0 Å². The van der Waals surface area contributed by atoms with Gasteiger partial charge in [0.25, 0.3) is 0 Å². The van der Waals surface area contributed by atoms with E-state index in [1.165, 1.54) is 5.56 Å². The molecule has 0 fully saturated rings. The van der Waals surface area contributed by atoms with Crippen LogP contribution in [-0.4, -0.2) is 11.9 Å². The first-order valence-corrected chi connectivity index (χ1v) is 7.63. The lowest BCUT2D eigenvalue weighted by atomic mass is 9.87. The second kappa shape index (κ2) is 6.79. The summed E-state index contributed by atoms with van der Waals surface area (Å²) >= 11 is 7.24. The number of rotatable bonds is 5. The van der Waals surface area contributed by atoms with E-state index in [9.17, 15) is 0 Å². The summed E-state index contributed by atoms with van der Waals surface area (Å²) in [5, 5.41) is 0. The van der Waals surface area contributed by atoms with Gasteiger partial charge < -0.3 is 4.74 Å². The van der Waals surface area contributed by atoms with Gasteiger partial charge in [0, 0.05) is 4.83 Å². The maximum absolute atomic E-state index is 5.24. The van der Waals surface area contributed by atoms with E-state index < -0.39 is 0 Å². The van der Waals surface area contributed by atoms with E-state index in [1.807, 2.05) is 6.07 Å². The predicted octanol–water partition coefficient (Wildman–Crippen LogP) is 5.06. The third-order valence-corrected chi connectivity index (χ3v) is 4.43. The van der Waals surface area contributed by atoms with Crippen LogP contribution in [0.4, 0.5) is 0 Å². The Morgan fingerprint density at radius 2 is 1.88 bits per heavy atom. The van der Waals surface area contributed by atoms with Crippen molar-refractivity contribution >= 4 is 31.9 Å². The van der Waals surface area contributed by atoms with Gasteiger partial charge in [-0.15, -0.1) is 0 Å². The number of methoxy groups -OCH3 is 1. The lowest BCUT2D eigenvalue weighted by Crippen LogP contribution is -2.20. The molecule has 0 bridgehead atoms. The molecule has 0 saturated heterocycles. The Morgan fingerprint density at radius 1 is 1.24 bits per heavy atom. The minimum Gasteiger partial charge on any atom is -0.496 e. The zero-order valence-corrected chi connectivity index (χ0v) is 14.0. The number of benzene rings is 1. The maximum atomic E-state index is 5.24. The topological polar surface area (TPSA) is 9.23 Å². The van der Waals surface area contributed by atoms with Gasteiger partial charge in [-0.2, -0.15) is 0 Å². The van der Waals surface area contributed by atoms with Crippen LogP contribution in [0.3, 0.4) is 0 Å². The number of alkyl halides is 1. The maximum Gasteiger partial charge on any atom is 0.133 e. The Morgan fingerprint density at radius 3 is 2.29 bits per heavy atom. The Bertz CT molecular complexity index is 353. The smallest absolute Gasteiger partial charge is 0.133 e. The van der Waals surface area contributed by atoms with Gasteiger partial charge in [-0.25, -0.2) is 0 Å². The standard InChI is InChI=1S/C14H20Br2O/c1-9(2)12(10(3)15)7-11-5-6-14(17-4)13(16)8-11/h5-6,8-10,12H,7H2,1-4H3. The van der Waals surface area contributed by atoms with Crippen molar-refractivity contribution in [3.63, 3.8) is 0 Å². The summed E-state index contributed by atoms with van der Waals surface area (Å²) in [6.45, 7) is 6.78. The van der Waals surface area contributed by atoms with Crippen molar-refractivity contribution in [3.05, 3.63) is 28.2 Å². The van der Waals surface area contributed by atoms with E-state index in [1.54, 1.807) is 7.11 Å². The number of ether oxygens (including phenoxy) is 1. The van der Waals surface area contributed by atoms with E-state index in [0.29, 0.717) is 16.7 Å². The fourth-order valence-electron chi connectivity index (χ4n) is 2.04. The van der Waals surface area contributed by atoms with Crippen molar-refractivity contribution in [2.45, 2.75) is 32.0 Å². The van der Waals surface area contributed by atoms with Crippen molar-refractivity contribution in [1.82, 2.24) is 0 Å². The Balaban J connectivity index is 2.83. The average molecular weight is 364 g/mol. The predicted molar refractivity (Wildman–Crippen MR) is 81.1 cm³/mol. The Labute approximate surface area is 121 Å². The molecule has 0 N–H and O–H groups in total. The summed E-state index contributed by atoms with van der Waals surface area (Å²) in [6.07, 6.45) is 1.09. The molecule has 1 aromatic carbocycles. The molecular formula is C14H20Br2O. The quantitative estimate of drug-likeness (QED) is 0.664. The van der Waals surface area contributed by atoms with Crippen molar-refractivity contribution in [2.75, 3.05) is 7.11 Å². The lowest BCUT2D eigenvalue weighted by Gasteiger charge is -2.23. The molecule has 3 heteroatoms. The molecule has 0 aliphatic carbocycles. The molecular weight excluding hydrogens is 344 g/mol. The number of hydrogen-bond donors (Lipinski definition) is 0. The molecule has 0 saturated carbocycles. The van der Waals surface area contributed by atoms with Crippen LogP contribution in [0.1, 0.15) is 26.3 Å². The molecule has 0 amide bonds. The third kappa shape index (κ3) is 4.29. The first kappa shape index (κ1) is 15.0. The molecule has 17 heavy (non-hydrogen) atoms. The highest BCUT2D eigenvalue weighted by molar-refractivity contribution is 9.10. The van der Waals surface area contributed by atoms with Crippen LogP contribution in [0.25, 0.3) is 0 Å². The van der Waals surface area contributed by atoms with Gasteiger partial charge in [0.15, 0.2) is 0 Å². The highest BCUT2D eigenvalue weighted by atomic mass is 79.9.